The number of hydrogen-bond acceptors (Lipinski definition) is 1. The highest BCUT2D eigenvalue weighted by molar-refractivity contribution is 6.30. The second-order valence-corrected chi connectivity index (χ2v) is 12.2. The summed E-state index contributed by atoms with van der Waals surface area (Å²) >= 11 is 12.3. The molecule has 4 bridgehead atoms. The summed E-state index contributed by atoms with van der Waals surface area (Å²) in [5, 5.41) is 4.61. The molecule has 36 heavy (non-hydrogen) atoms. The van der Waals surface area contributed by atoms with Gasteiger partial charge in [0.2, 0.25) is 0 Å². The number of aromatic nitrogens is 1. The second kappa shape index (κ2) is 9.91. The van der Waals surface area contributed by atoms with Crippen LogP contribution in [0.3, 0.4) is 0 Å². The van der Waals surface area contributed by atoms with Crippen LogP contribution in [0, 0.1) is 36.5 Å². The molecule has 1 amide bonds. The van der Waals surface area contributed by atoms with Crippen molar-refractivity contribution in [3.05, 3.63) is 75.9 Å². The van der Waals surface area contributed by atoms with Crippen molar-refractivity contribution in [1.29, 1.82) is 0 Å². The van der Waals surface area contributed by atoms with Gasteiger partial charge in [-0.25, -0.2) is 0 Å². The van der Waals surface area contributed by atoms with E-state index in [1.807, 2.05) is 61.7 Å². The molecule has 0 spiro atoms. The number of nitrogens with zero attached hydrogens (tertiary/aromatic N) is 1. The molecule has 5 heteroatoms. The molecule has 0 radical (unpaired) electrons. The number of carbonyl (C=O) groups is 1. The van der Waals surface area contributed by atoms with E-state index in [1.54, 1.807) is 0 Å². The Bertz CT molecular complexity index is 1220. The Labute approximate surface area is 224 Å². The topological polar surface area (TPSA) is 34.0 Å². The molecular weight excluding hydrogens is 487 g/mol. The van der Waals surface area contributed by atoms with Crippen molar-refractivity contribution in [1.82, 2.24) is 9.88 Å². The van der Waals surface area contributed by atoms with E-state index < -0.39 is 0 Å². The van der Waals surface area contributed by atoms with Gasteiger partial charge in [0.1, 0.15) is 0 Å². The Morgan fingerprint density at radius 3 is 2.08 bits per heavy atom. The minimum Gasteiger partial charge on any atom is -0.352 e. The lowest BCUT2D eigenvalue weighted by atomic mass is 9.51. The number of carbonyl (C=O) groups excluding carboxylic acids is 1. The van der Waals surface area contributed by atoms with Crippen molar-refractivity contribution in [3.63, 3.8) is 0 Å². The van der Waals surface area contributed by atoms with Crippen molar-refractivity contribution in [2.24, 2.45) is 29.6 Å². The van der Waals surface area contributed by atoms with Crippen LogP contribution in [0.25, 0.3) is 16.9 Å². The van der Waals surface area contributed by atoms with Gasteiger partial charge in [-0.05, 0) is 129 Å². The summed E-state index contributed by atoms with van der Waals surface area (Å²) in [7, 11) is 0. The van der Waals surface area contributed by atoms with E-state index in [1.165, 1.54) is 38.5 Å². The summed E-state index contributed by atoms with van der Waals surface area (Å²) < 4.78 is 2.08. The molecule has 4 aliphatic rings. The van der Waals surface area contributed by atoms with Gasteiger partial charge in [-0.1, -0.05) is 35.3 Å². The average molecular weight is 522 g/mol. The van der Waals surface area contributed by atoms with Crippen molar-refractivity contribution in [3.8, 4) is 16.9 Å². The van der Waals surface area contributed by atoms with Gasteiger partial charge in [-0.3, -0.25) is 4.79 Å². The summed E-state index contributed by atoms with van der Waals surface area (Å²) in [5.41, 5.74) is 4.66. The fraction of sp³-hybridized carbons (Fsp3) is 0.452. The molecule has 1 N–H and O–H groups in total. The van der Waals surface area contributed by atoms with Crippen LogP contribution in [0.15, 0.2) is 54.7 Å². The first kappa shape index (κ1) is 24.1. The zero-order chi connectivity index (χ0) is 24.8. The molecule has 1 heterocycles. The fourth-order valence-electron chi connectivity index (χ4n) is 7.74. The standard InChI is InChI=1S/C31H34Cl2N2O/c1-19-29(31(36)34-12-2-3-28-23-14-20-13-21(16-23)17-24(28)15-20)18-35(27-10-8-26(33)9-11-27)30(19)22-4-6-25(32)7-5-22/h4-11,18,20-21,23-24,28H,2-3,12-17H2,1H3,(H,34,36). The molecule has 0 saturated heterocycles. The van der Waals surface area contributed by atoms with Crippen LogP contribution < -0.4 is 5.32 Å². The lowest BCUT2D eigenvalue weighted by Crippen LogP contribution is -2.45. The van der Waals surface area contributed by atoms with E-state index in [9.17, 15) is 4.79 Å². The third-order valence-electron chi connectivity index (χ3n) is 9.15. The van der Waals surface area contributed by atoms with Crippen LogP contribution in [0.5, 0.6) is 0 Å². The zero-order valence-corrected chi connectivity index (χ0v) is 22.4. The Morgan fingerprint density at radius 1 is 0.889 bits per heavy atom. The quantitative estimate of drug-likeness (QED) is 0.312. The molecule has 0 aliphatic heterocycles. The first-order valence-electron chi connectivity index (χ1n) is 13.5. The average Bonchev–Trinajstić information content (AvgIpc) is 3.20. The summed E-state index contributed by atoms with van der Waals surface area (Å²) in [4.78, 5) is 13.3. The molecular formula is C31H34Cl2N2O. The SMILES string of the molecule is Cc1c(C(=O)NCCCC2C3CC4CC(C3)CC2C4)cn(-c2ccc(Cl)cc2)c1-c1ccc(Cl)cc1. The molecule has 188 valence electrons. The van der Waals surface area contributed by atoms with Crippen LogP contribution in [-0.4, -0.2) is 17.0 Å². The van der Waals surface area contributed by atoms with Gasteiger partial charge in [-0.2, -0.15) is 0 Å². The normalized spacial score (nSPS) is 26.4. The molecule has 3 aromatic rings. The predicted molar refractivity (Wildman–Crippen MR) is 148 cm³/mol. The van der Waals surface area contributed by atoms with Crippen LogP contribution in [0.4, 0.5) is 0 Å². The molecule has 4 aliphatic carbocycles. The summed E-state index contributed by atoms with van der Waals surface area (Å²) in [6, 6.07) is 15.5. The molecule has 0 atom stereocenters. The Morgan fingerprint density at radius 2 is 1.47 bits per heavy atom. The van der Waals surface area contributed by atoms with E-state index in [4.69, 9.17) is 23.2 Å². The molecule has 0 unspecified atom stereocenters. The summed E-state index contributed by atoms with van der Waals surface area (Å²) in [5.74, 6) is 4.83. The van der Waals surface area contributed by atoms with Crippen molar-refractivity contribution in [2.45, 2.75) is 51.9 Å². The van der Waals surface area contributed by atoms with Gasteiger partial charge >= 0.3 is 0 Å². The van der Waals surface area contributed by atoms with Crippen LogP contribution in [0.2, 0.25) is 10.0 Å². The van der Waals surface area contributed by atoms with Gasteiger partial charge in [0.15, 0.2) is 0 Å². The maximum absolute atomic E-state index is 13.3. The smallest absolute Gasteiger partial charge is 0.253 e. The number of rotatable bonds is 7. The molecule has 4 fully saturated rings. The van der Waals surface area contributed by atoms with Gasteiger partial charge in [0, 0.05) is 28.5 Å². The maximum atomic E-state index is 13.3. The van der Waals surface area contributed by atoms with Crippen molar-refractivity contribution >= 4 is 29.1 Å². The second-order valence-electron chi connectivity index (χ2n) is 11.4. The lowest BCUT2D eigenvalue weighted by molar-refractivity contribution is -0.0401. The van der Waals surface area contributed by atoms with E-state index in [-0.39, 0.29) is 5.91 Å². The van der Waals surface area contributed by atoms with E-state index in [2.05, 4.69) is 9.88 Å². The van der Waals surface area contributed by atoms with E-state index in [0.29, 0.717) is 15.6 Å². The highest BCUT2D eigenvalue weighted by Crippen LogP contribution is 2.57. The first-order valence-corrected chi connectivity index (χ1v) is 14.2. The molecule has 3 nitrogen and oxygen atoms in total. The molecule has 1 aromatic heterocycles. The zero-order valence-electron chi connectivity index (χ0n) is 20.9. The van der Waals surface area contributed by atoms with E-state index in [0.717, 1.165) is 65.1 Å². The van der Waals surface area contributed by atoms with Crippen molar-refractivity contribution in [2.75, 3.05) is 6.54 Å². The maximum Gasteiger partial charge on any atom is 0.253 e. The third kappa shape index (κ3) is 4.61. The highest BCUT2D eigenvalue weighted by Gasteiger charge is 2.47. The van der Waals surface area contributed by atoms with Crippen LogP contribution in [-0.2, 0) is 0 Å². The predicted octanol–water partition coefficient (Wildman–Crippen LogP) is 8.34. The number of nitrogens with one attached hydrogen (secondary N) is 1. The summed E-state index contributed by atoms with van der Waals surface area (Å²) in [6.45, 7) is 2.77. The fourth-order valence-corrected chi connectivity index (χ4v) is 7.99. The molecule has 4 saturated carbocycles. The van der Waals surface area contributed by atoms with Gasteiger partial charge in [0.05, 0.1) is 11.3 Å². The minimum atomic E-state index is 0.000472. The Balaban J connectivity index is 1.17. The lowest BCUT2D eigenvalue weighted by Gasteiger charge is -2.54. The molecule has 7 rings (SSSR count). The summed E-state index contributed by atoms with van der Waals surface area (Å²) in [6.07, 6.45) is 11.7. The number of amides is 1. The minimum absolute atomic E-state index is 0.000472. The third-order valence-corrected chi connectivity index (χ3v) is 9.65. The van der Waals surface area contributed by atoms with Gasteiger partial charge < -0.3 is 9.88 Å². The van der Waals surface area contributed by atoms with Crippen molar-refractivity contribution < 1.29 is 4.79 Å². The van der Waals surface area contributed by atoms with Crippen LogP contribution in [0.1, 0.15) is 60.9 Å². The first-order chi connectivity index (χ1) is 17.5. The van der Waals surface area contributed by atoms with Gasteiger partial charge in [-0.15, -0.1) is 0 Å². The van der Waals surface area contributed by atoms with Gasteiger partial charge in [0.25, 0.3) is 5.91 Å². The molecule has 2 aromatic carbocycles. The largest absolute Gasteiger partial charge is 0.352 e. The highest BCUT2D eigenvalue weighted by atomic mass is 35.5. The van der Waals surface area contributed by atoms with Crippen LogP contribution >= 0.6 is 23.2 Å². The van der Waals surface area contributed by atoms with E-state index >= 15 is 0 Å². The number of hydrogen-bond donors (Lipinski definition) is 1. The number of benzene rings is 2. The monoisotopic (exact) mass is 520 g/mol. The Hall–Kier alpha value is -2.23. The number of halogens is 2. The Kier molecular flexibility index (Phi) is 6.64.